The van der Waals surface area contributed by atoms with Crippen molar-refractivity contribution in [3.8, 4) is 11.1 Å². The van der Waals surface area contributed by atoms with Gasteiger partial charge in [-0.3, -0.25) is 9.69 Å². The second-order valence-corrected chi connectivity index (χ2v) is 20.4. The van der Waals surface area contributed by atoms with Gasteiger partial charge >= 0.3 is 5.97 Å². The molecule has 0 saturated carbocycles. The molecule has 16 nitrogen and oxygen atoms in total. The zero-order valence-electron chi connectivity index (χ0n) is 42.4. The molecule has 0 bridgehead atoms. The number of ether oxygens (including phenoxy) is 5. The SMILES string of the molecule is C=NC(=Nc1ccccc1SC(C)C)/C(Cl)=C\Nc1ccc(N2CCN(CCOCCOCCOCCOCCOC3CCN(Sc4ccccc4-c4ccn5ncc(CC(=O)O)c5c4)CC3)CC2)cc1.CN. The molecule has 0 aliphatic carbocycles. The van der Waals surface area contributed by atoms with Crippen LogP contribution in [0.1, 0.15) is 32.3 Å². The minimum atomic E-state index is -0.869. The zero-order valence-corrected chi connectivity index (χ0v) is 44.8. The number of pyridine rings is 1. The molecule has 0 radical (unpaired) electrons. The number of aromatic nitrogens is 2. The molecule has 2 aliphatic heterocycles. The Hall–Kier alpha value is -4.83. The summed E-state index contributed by atoms with van der Waals surface area (Å²) in [5.74, 6) is -0.505. The van der Waals surface area contributed by atoms with Crippen LogP contribution < -0.4 is 16.0 Å². The van der Waals surface area contributed by atoms with E-state index in [1.54, 1.807) is 40.6 Å². The molecule has 2 aromatic heterocycles. The van der Waals surface area contributed by atoms with Crippen molar-refractivity contribution in [2.75, 3.05) is 123 Å². The number of carboxylic acids is 1. The van der Waals surface area contributed by atoms with Crippen LogP contribution in [0.25, 0.3) is 16.6 Å². The number of hydrogen-bond donors (Lipinski definition) is 3. The molecule has 2 fully saturated rings. The Morgan fingerprint density at radius 3 is 2.14 bits per heavy atom. The fourth-order valence-electron chi connectivity index (χ4n) is 8.13. The molecule has 19 heteroatoms. The van der Waals surface area contributed by atoms with Crippen LogP contribution in [0, 0.1) is 0 Å². The maximum atomic E-state index is 11.4. The van der Waals surface area contributed by atoms with E-state index in [1.165, 1.54) is 12.7 Å². The average Bonchev–Trinajstić information content (AvgIpc) is 3.81. The molecule has 5 aromatic rings. The lowest BCUT2D eigenvalue weighted by molar-refractivity contribution is -0.136. The molecular formula is C54H72ClN9O7S2. The van der Waals surface area contributed by atoms with E-state index in [0.717, 1.165) is 96.5 Å². The summed E-state index contributed by atoms with van der Waals surface area (Å²) in [5.41, 5.74) is 11.1. The highest BCUT2D eigenvalue weighted by atomic mass is 35.5. The number of para-hydroxylation sites is 1. The first kappa shape index (κ1) is 57.4. The van der Waals surface area contributed by atoms with E-state index < -0.39 is 5.97 Å². The molecule has 0 atom stereocenters. The van der Waals surface area contributed by atoms with Gasteiger partial charge in [0.05, 0.1) is 89.4 Å². The van der Waals surface area contributed by atoms with E-state index in [2.05, 4.69) is 109 Å². The highest BCUT2D eigenvalue weighted by Gasteiger charge is 2.22. The number of nitrogens with zero attached hydrogens (tertiary/aromatic N) is 7. The molecule has 0 amide bonds. The van der Waals surface area contributed by atoms with Gasteiger partial charge in [-0.05, 0) is 104 Å². The van der Waals surface area contributed by atoms with E-state index >= 15 is 0 Å². The van der Waals surface area contributed by atoms with E-state index in [9.17, 15) is 9.90 Å². The van der Waals surface area contributed by atoms with E-state index in [-0.39, 0.29) is 12.5 Å². The second-order valence-electron chi connectivity index (χ2n) is 17.3. The molecular weight excluding hydrogens is 986 g/mol. The quantitative estimate of drug-likeness (QED) is 0.0142. The van der Waals surface area contributed by atoms with Gasteiger partial charge in [-0.2, -0.15) is 5.10 Å². The van der Waals surface area contributed by atoms with Crippen LogP contribution in [0.5, 0.6) is 0 Å². The van der Waals surface area contributed by atoms with Crippen molar-refractivity contribution in [3.05, 3.63) is 114 Å². The topological polar surface area (TPSA) is 173 Å². The summed E-state index contributed by atoms with van der Waals surface area (Å²) in [6.07, 6.45) is 7.29. The first-order valence-corrected chi connectivity index (χ1v) is 27.0. The molecule has 2 saturated heterocycles. The summed E-state index contributed by atoms with van der Waals surface area (Å²) in [6.45, 7) is 19.5. The lowest BCUT2D eigenvalue weighted by Crippen LogP contribution is -2.47. The van der Waals surface area contributed by atoms with Crippen LogP contribution in [0.15, 0.2) is 128 Å². The maximum Gasteiger partial charge on any atom is 0.307 e. The number of aliphatic imine (C=N–C) groups is 2. The number of benzene rings is 3. The van der Waals surface area contributed by atoms with Crippen LogP contribution in [0.4, 0.5) is 17.1 Å². The summed E-state index contributed by atoms with van der Waals surface area (Å²) in [5, 5.41) is 17.7. The number of hydrogen-bond acceptors (Lipinski definition) is 15. The van der Waals surface area contributed by atoms with Crippen molar-refractivity contribution in [1.82, 2.24) is 18.8 Å². The van der Waals surface area contributed by atoms with E-state index in [0.29, 0.717) is 81.1 Å². The van der Waals surface area contributed by atoms with Gasteiger partial charge in [-0.15, -0.1) is 11.8 Å². The molecule has 4 N–H and O–H groups in total. The predicted octanol–water partition coefficient (Wildman–Crippen LogP) is 9.00. The summed E-state index contributed by atoms with van der Waals surface area (Å²) in [7, 11) is 1.50. The van der Waals surface area contributed by atoms with Crippen molar-refractivity contribution in [2.45, 2.75) is 54.3 Å². The predicted molar refractivity (Wildman–Crippen MR) is 298 cm³/mol. The third-order valence-corrected chi connectivity index (χ3v) is 14.3. The van der Waals surface area contributed by atoms with Gasteiger partial charge < -0.3 is 44.7 Å². The Labute approximate surface area is 444 Å². The number of piperazine rings is 1. The Morgan fingerprint density at radius 2 is 1.48 bits per heavy atom. The number of halogens is 1. The molecule has 3 aromatic carbocycles. The minimum absolute atomic E-state index is 0.0591. The number of rotatable bonds is 28. The maximum absolute atomic E-state index is 11.4. The highest BCUT2D eigenvalue weighted by Crippen LogP contribution is 2.36. The lowest BCUT2D eigenvalue weighted by Gasteiger charge is -2.36. The van der Waals surface area contributed by atoms with E-state index in [4.69, 9.17) is 35.3 Å². The van der Waals surface area contributed by atoms with Crippen molar-refractivity contribution in [3.63, 3.8) is 0 Å². The Morgan fingerprint density at radius 1 is 0.849 bits per heavy atom. The number of carbonyl (C=O) groups is 1. The molecule has 394 valence electrons. The first-order valence-electron chi connectivity index (χ1n) is 24.9. The van der Waals surface area contributed by atoms with Gasteiger partial charge in [0.2, 0.25) is 0 Å². The highest BCUT2D eigenvalue weighted by molar-refractivity contribution is 8.00. The molecule has 0 spiro atoms. The molecule has 73 heavy (non-hydrogen) atoms. The fourth-order valence-corrected chi connectivity index (χ4v) is 10.3. The summed E-state index contributed by atoms with van der Waals surface area (Å²) in [6, 6.07) is 28.7. The van der Waals surface area contributed by atoms with Gasteiger partial charge in [0.25, 0.3) is 0 Å². The summed E-state index contributed by atoms with van der Waals surface area (Å²) < 4.78 is 33.2. The van der Waals surface area contributed by atoms with Crippen LogP contribution in [-0.4, -0.2) is 166 Å². The van der Waals surface area contributed by atoms with Crippen LogP contribution >= 0.6 is 35.3 Å². The molecule has 0 unspecified atom stereocenters. The standard InChI is InChI=1S/C53H67ClN8O7S2.CH5N/c1-40(2)70-51-11-7-5-9-48(51)58-53(55-3)47(54)39-56-43-12-14-44(15-13-43)60-24-22-59(23-25-60)26-27-65-28-29-66-30-31-67-32-33-68-34-35-69-45-17-19-61(20-18-45)71-50-10-6-4-8-46(50)41-16-21-62-49(36-41)42(38-57-62)37-52(63)64;1-2/h4-16,21,36,38-40,45,56H,3,17-20,22-35,37H2,1-2H3,(H,63,64);2H2,1H3/b47-39+,58-53?;. The fraction of sp³-hybridized carbons (Fsp3) is 0.444. The number of thioether (sulfide) groups is 1. The van der Waals surface area contributed by atoms with Gasteiger partial charge in [0.1, 0.15) is 5.03 Å². The number of nitrogens with one attached hydrogen (secondary N) is 1. The zero-order chi connectivity index (χ0) is 51.6. The van der Waals surface area contributed by atoms with Crippen molar-refractivity contribution in [2.24, 2.45) is 15.7 Å². The number of nitrogens with two attached hydrogens (primary N) is 1. The number of fused-ring (bicyclic) bond motifs is 1. The summed E-state index contributed by atoms with van der Waals surface area (Å²) in [4.78, 5) is 27.2. The number of amidine groups is 1. The van der Waals surface area contributed by atoms with Crippen molar-refractivity contribution >= 4 is 76.4 Å². The minimum Gasteiger partial charge on any atom is -0.481 e. The van der Waals surface area contributed by atoms with E-state index in [1.807, 2.05) is 42.6 Å². The monoisotopic (exact) mass is 1060 g/mol. The molecule has 4 heterocycles. The molecule has 2 aliphatic rings. The average molecular weight is 1060 g/mol. The smallest absolute Gasteiger partial charge is 0.307 e. The van der Waals surface area contributed by atoms with Gasteiger partial charge in [-0.25, -0.2) is 18.8 Å². The third kappa shape index (κ3) is 19.1. The van der Waals surface area contributed by atoms with Crippen molar-refractivity contribution < 1.29 is 33.6 Å². The van der Waals surface area contributed by atoms with Crippen LogP contribution in [0.3, 0.4) is 0 Å². The number of piperidine rings is 1. The normalized spacial score (nSPS) is 15.2. The second kappa shape index (κ2) is 31.8. The van der Waals surface area contributed by atoms with Crippen LogP contribution in [0.2, 0.25) is 0 Å². The number of carboxylic acid groups (broad SMARTS) is 1. The number of anilines is 2. The first-order chi connectivity index (χ1) is 35.7. The van der Waals surface area contributed by atoms with Gasteiger partial charge in [0.15, 0.2) is 5.84 Å². The Kier molecular flexibility index (Phi) is 25.0. The third-order valence-electron chi connectivity index (χ3n) is 11.8. The largest absolute Gasteiger partial charge is 0.481 e. The Balaban J connectivity index is 0.00000429. The lowest BCUT2D eigenvalue weighted by atomic mass is 10.1. The molecule has 7 rings (SSSR count). The van der Waals surface area contributed by atoms with Crippen LogP contribution in [-0.2, 0) is 34.9 Å². The van der Waals surface area contributed by atoms with Crippen molar-refractivity contribution in [1.29, 1.82) is 0 Å². The Bertz CT molecular complexity index is 2500. The van der Waals surface area contributed by atoms with Gasteiger partial charge in [-0.1, -0.05) is 55.8 Å². The summed E-state index contributed by atoms with van der Waals surface area (Å²) >= 11 is 10.1. The number of aliphatic carboxylic acids is 1. The van der Waals surface area contributed by atoms with Gasteiger partial charge in [0, 0.05) is 90.2 Å².